The minimum Gasteiger partial charge on any atom is -0.496 e. The fourth-order valence-electron chi connectivity index (χ4n) is 5.94. The molecular formula is C27H28N2O. The Hall–Kier alpha value is -2.78. The van der Waals surface area contributed by atoms with Gasteiger partial charge < -0.3 is 9.64 Å². The fraction of sp³-hybridized carbons (Fsp3) is 0.333. The summed E-state index contributed by atoms with van der Waals surface area (Å²) in [5.74, 6) is 1.56. The Morgan fingerprint density at radius 3 is 2.63 bits per heavy atom. The molecule has 3 aliphatic rings. The number of hydrogen-bond donors (Lipinski definition) is 0. The number of benzene rings is 3. The molecular weight excluding hydrogens is 368 g/mol. The average molecular weight is 397 g/mol. The van der Waals surface area contributed by atoms with Crippen LogP contribution in [0.5, 0.6) is 5.75 Å². The maximum absolute atomic E-state index is 5.61. The summed E-state index contributed by atoms with van der Waals surface area (Å²) < 4.78 is 5.61. The van der Waals surface area contributed by atoms with E-state index in [1.807, 2.05) is 0 Å². The molecule has 0 spiro atoms. The van der Waals surface area contributed by atoms with Gasteiger partial charge in [-0.15, -0.1) is 0 Å². The average Bonchev–Trinajstić information content (AvgIpc) is 3.02. The van der Waals surface area contributed by atoms with Crippen molar-refractivity contribution in [1.82, 2.24) is 4.90 Å². The van der Waals surface area contributed by atoms with Gasteiger partial charge in [0.25, 0.3) is 0 Å². The second kappa shape index (κ2) is 7.17. The molecule has 0 bridgehead atoms. The monoisotopic (exact) mass is 396 g/mol. The minimum absolute atomic E-state index is 0.564. The number of ether oxygens (including phenoxy) is 1. The predicted molar refractivity (Wildman–Crippen MR) is 122 cm³/mol. The molecule has 3 heteroatoms. The van der Waals surface area contributed by atoms with Crippen molar-refractivity contribution in [3.05, 3.63) is 89.0 Å². The number of aryl methyl sites for hydroxylation is 2. The van der Waals surface area contributed by atoms with Crippen LogP contribution in [0.4, 0.5) is 11.4 Å². The molecule has 3 aromatic rings. The Morgan fingerprint density at radius 2 is 1.70 bits per heavy atom. The molecule has 1 fully saturated rings. The van der Waals surface area contributed by atoms with E-state index in [1.54, 1.807) is 12.7 Å². The highest BCUT2D eigenvalue weighted by atomic mass is 16.5. The summed E-state index contributed by atoms with van der Waals surface area (Å²) in [6.45, 7) is 3.19. The summed E-state index contributed by atoms with van der Waals surface area (Å²) in [4.78, 5) is 5.33. The summed E-state index contributed by atoms with van der Waals surface area (Å²) in [5, 5.41) is 0. The number of anilines is 2. The van der Waals surface area contributed by atoms with Crippen molar-refractivity contribution >= 4 is 11.4 Å². The molecule has 0 aromatic heterocycles. The molecule has 0 N–H and O–H groups in total. The minimum atomic E-state index is 0.564. The highest BCUT2D eigenvalue weighted by Crippen LogP contribution is 2.52. The summed E-state index contributed by atoms with van der Waals surface area (Å²) in [5.41, 5.74) is 8.81. The zero-order chi connectivity index (χ0) is 20.1. The van der Waals surface area contributed by atoms with E-state index in [0.717, 1.165) is 38.2 Å². The van der Waals surface area contributed by atoms with Crippen LogP contribution in [0, 0.1) is 0 Å². The Kier molecular flexibility index (Phi) is 4.31. The van der Waals surface area contributed by atoms with Crippen molar-refractivity contribution < 1.29 is 4.74 Å². The first-order chi connectivity index (χ1) is 14.8. The molecule has 2 atom stereocenters. The van der Waals surface area contributed by atoms with Crippen molar-refractivity contribution in [2.45, 2.75) is 37.8 Å². The van der Waals surface area contributed by atoms with Gasteiger partial charge in [0.05, 0.1) is 7.11 Å². The Morgan fingerprint density at radius 1 is 0.900 bits per heavy atom. The van der Waals surface area contributed by atoms with Crippen molar-refractivity contribution in [2.24, 2.45) is 0 Å². The molecule has 0 amide bonds. The van der Waals surface area contributed by atoms with Gasteiger partial charge in [0.15, 0.2) is 0 Å². The first-order valence-corrected chi connectivity index (χ1v) is 11.2. The lowest BCUT2D eigenvalue weighted by Crippen LogP contribution is -2.44. The highest BCUT2D eigenvalue weighted by molar-refractivity contribution is 5.79. The molecule has 3 heterocycles. The second-order valence-corrected chi connectivity index (χ2v) is 8.86. The first kappa shape index (κ1) is 18.0. The number of hydrogen-bond acceptors (Lipinski definition) is 3. The molecule has 30 heavy (non-hydrogen) atoms. The van der Waals surface area contributed by atoms with Crippen LogP contribution in [-0.2, 0) is 19.4 Å². The van der Waals surface area contributed by atoms with Gasteiger partial charge in [0.2, 0.25) is 0 Å². The number of nitrogens with zero attached hydrogens (tertiary/aromatic N) is 2. The first-order valence-electron chi connectivity index (χ1n) is 11.2. The number of likely N-dealkylation sites (tertiary alicyclic amines) is 1. The maximum atomic E-state index is 5.61. The standard InChI is InChI=1S/C27H28N2O/c1-30-26-12-5-3-8-21(26)17-28-16-15-25-23(18-28)22-10-6-9-20-14-13-19-7-2-4-11-24(19)29(25)27(20)22/h2-12,23,25H,13-18H2,1H3. The lowest BCUT2D eigenvalue weighted by Gasteiger charge is -2.39. The SMILES string of the molecule is COc1ccccc1CN1CCC2C(C1)c1cccc3c1N2c1ccccc1CC3. The summed E-state index contributed by atoms with van der Waals surface area (Å²) in [7, 11) is 1.77. The third-order valence-electron chi connectivity index (χ3n) is 7.28. The number of fused-ring (bicyclic) bond motifs is 5. The van der Waals surface area contributed by atoms with Gasteiger partial charge in [-0.3, -0.25) is 4.90 Å². The molecule has 2 unspecified atom stereocenters. The van der Waals surface area contributed by atoms with Crippen molar-refractivity contribution in [2.75, 3.05) is 25.1 Å². The highest BCUT2D eigenvalue weighted by Gasteiger charge is 2.44. The Bertz CT molecular complexity index is 1090. The molecule has 3 aromatic carbocycles. The second-order valence-electron chi connectivity index (χ2n) is 8.86. The van der Waals surface area contributed by atoms with Crippen LogP contribution in [0.25, 0.3) is 0 Å². The van der Waals surface area contributed by atoms with Crippen LogP contribution in [0.2, 0.25) is 0 Å². The van der Waals surface area contributed by atoms with Crippen LogP contribution in [0.15, 0.2) is 66.7 Å². The normalized spacial score (nSPS) is 22.1. The summed E-state index contributed by atoms with van der Waals surface area (Å²) in [6, 6.07) is 25.1. The van der Waals surface area contributed by atoms with Crippen molar-refractivity contribution in [3.63, 3.8) is 0 Å². The van der Waals surface area contributed by atoms with Crippen LogP contribution in [-0.4, -0.2) is 31.1 Å². The van der Waals surface area contributed by atoms with Crippen LogP contribution >= 0.6 is 0 Å². The van der Waals surface area contributed by atoms with Gasteiger partial charge >= 0.3 is 0 Å². The van der Waals surface area contributed by atoms with Crippen molar-refractivity contribution in [3.8, 4) is 5.75 Å². The van der Waals surface area contributed by atoms with Gasteiger partial charge in [0, 0.05) is 48.5 Å². The molecule has 0 saturated carbocycles. The third-order valence-corrected chi connectivity index (χ3v) is 7.28. The number of para-hydroxylation sites is 3. The van der Waals surface area contributed by atoms with E-state index in [4.69, 9.17) is 4.74 Å². The molecule has 3 aliphatic heterocycles. The summed E-state index contributed by atoms with van der Waals surface area (Å²) in [6.07, 6.45) is 3.48. The zero-order valence-corrected chi connectivity index (χ0v) is 17.6. The number of piperidine rings is 1. The molecule has 1 saturated heterocycles. The Labute approximate surface area is 178 Å². The quantitative estimate of drug-likeness (QED) is 0.597. The number of rotatable bonds is 3. The Balaban J connectivity index is 1.36. The molecule has 0 aliphatic carbocycles. The topological polar surface area (TPSA) is 15.7 Å². The largest absolute Gasteiger partial charge is 0.496 e. The van der Waals surface area contributed by atoms with E-state index >= 15 is 0 Å². The fourth-order valence-corrected chi connectivity index (χ4v) is 5.94. The van der Waals surface area contributed by atoms with E-state index in [1.165, 1.54) is 34.5 Å². The number of methoxy groups -OCH3 is 1. The van der Waals surface area contributed by atoms with Crippen LogP contribution in [0.3, 0.4) is 0 Å². The molecule has 3 nitrogen and oxygen atoms in total. The van der Waals surface area contributed by atoms with E-state index in [9.17, 15) is 0 Å². The smallest absolute Gasteiger partial charge is 0.123 e. The third kappa shape index (κ3) is 2.76. The van der Waals surface area contributed by atoms with E-state index < -0.39 is 0 Å². The van der Waals surface area contributed by atoms with Gasteiger partial charge in [0.1, 0.15) is 5.75 Å². The lowest BCUT2D eigenvalue weighted by atomic mass is 9.87. The summed E-state index contributed by atoms with van der Waals surface area (Å²) >= 11 is 0. The van der Waals surface area contributed by atoms with Gasteiger partial charge in [-0.25, -0.2) is 0 Å². The molecule has 0 radical (unpaired) electrons. The maximum Gasteiger partial charge on any atom is 0.123 e. The van der Waals surface area contributed by atoms with Crippen LogP contribution < -0.4 is 9.64 Å². The van der Waals surface area contributed by atoms with Gasteiger partial charge in [-0.05, 0) is 48.1 Å². The van der Waals surface area contributed by atoms with Crippen molar-refractivity contribution in [1.29, 1.82) is 0 Å². The molecule has 152 valence electrons. The van der Waals surface area contributed by atoms with Gasteiger partial charge in [-0.2, -0.15) is 0 Å². The molecule has 6 rings (SSSR count). The predicted octanol–water partition coefficient (Wildman–Crippen LogP) is 5.30. The van der Waals surface area contributed by atoms with E-state index in [2.05, 4.69) is 76.5 Å². The zero-order valence-electron chi connectivity index (χ0n) is 17.6. The van der Waals surface area contributed by atoms with E-state index in [-0.39, 0.29) is 0 Å². The van der Waals surface area contributed by atoms with Gasteiger partial charge in [-0.1, -0.05) is 54.6 Å². The lowest BCUT2D eigenvalue weighted by molar-refractivity contribution is 0.187. The van der Waals surface area contributed by atoms with E-state index in [0.29, 0.717) is 12.0 Å². The van der Waals surface area contributed by atoms with Crippen LogP contribution in [0.1, 0.15) is 34.6 Å².